The van der Waals surface area contributed by atoms with Crippen molar-refractivity contribution in [1.82, 2.24) is 15.1 Å². The summed E-state index contributed by atoms with van der Waals surface area (Å²) in [5.41, 5.74) is 4.83. The lowest BCUT2D eigenvalue weighted by atomic mass is 9.90. The van der Waals surface area contributed by atoms with Gasteiger partial charge in [-0.25, -0.2) is 0 Å². The molecule has 3 aromatic rings. The van der Waals surface area contributed by atoms with Gasteiger partial charge in [0.1, 0.15) is 0 Å². The van der Waals surface area contributed by atoms with E-state index in [0.29, 0.717) is 6.54 Å². The molecule has 5 nitrogen and oxygen atoms in total. The number of carbonyl (C=O) groups excluding carboxylic acids is 1. The molecule has 2 N–H and O–H groups in total. The number of benzene rings is 2. The summed E-state index contributed by atoms with van der Waals surface area (Å²) in [6.45, 7) is 1.51. The Kier molecular flexibility index (Phi) is 4.66. The van der Waals surface area contributed by atoms with E-state index >= 15 is 0 Å². The van der Waals surface area contributed by atoms with Crippen LogP contribution in [-0.4, -0.2) is 28.8 Å². The second-order valence-corrected chi connectivity index (χ2v) is 7.42. The highest BCUT2D eigenvalue weighted by Gasteiger charge is 2.35. The van der Waals surface area contributed by atoms with Crippen LogP contribution < -0.4 is 10.6 Å². The van der Waals surface area contributed by atoms with E-state index < -0.39 is 0 Å². The highest BCUT2D eigenvalue weighted by Crippen LogP contribution is 2.36. The number of anilines is 1. The Morgan fingerprint density at radius 1 is 1.19 bits per heavy atom. The molecule has 0 saturated carbocycles. The molecule has 5 rings (SSSR count). The van der Waals surface area contributed by atoms with Gasteiger partial charge in [0.05, 0.1) is 12.1 Å². The number of rotatable bonds is 3. The number of nitrogens with zero attached hydrogens (tertiary/aromatic N) is 2. The number of carbonyl (C=O) groups is 1. The van der Waals surface area contributed by atoms with Gasteiger partial charge in [-0.2, -0.15) is 5.10 Å². The van der Waals surface area contributed by atoms with Gasteiger partial charge in [0.2, 0.25) is 5.91 Å². The fraction of sp³-hybridized carbons (Fsp3) is 0.333. The lowest BCUT2D eigenvalue weighted by Gasteiger charge is -2.18. The Morgan fingerprint density at radius 2 is 2.00 bits per heavy atom. The average molecular weight is 383 g/mol. The minimum absolute atomic E-state index is 0. The van der Waals surface area contributed by atoms with E-state index in [2.05, 4.69) is 46.1 Å². The maximum atomic E-state index is 13.1. The molecule has 2 atom stereocenters. The zero-order chi connectivity index (χ0) is 17.7. The molecule has 27 heavy (non-hydrogen) atoms. The van der Waals surface area contributed by atoms with Gasteiger partial charge in [-0.15, -0.1) is 12.4 Å². The molecule has 1 amide bonds. The largest absolute Gasteiger partial charge is 0.325 e. The highest BCUT2D eigenvalue weighted by molar-refractivity contribution is 6.05. The highest BCUT2D eigenvalue weighted by atomic mass is 35.5. The summed E-state index contributed by atoms with van der Waals surface area (Å²) >= 11 is 0. The molecule has 2 aliphatic rings. The van der Waals surface area contributed by atoms with Crippen molar-refractivity contribution < 1.29 is 4.79 Å². The Morgan fingerprint density at radius 3 is 2.78 bits per heavy atom. The van der Waals surface area contributed by atoms with Gasteiger partial charge in [0.25, 0.3) is 0 Å². The first kappa shape index (κ1) is 18.0. The molecular weight excluding hydrogens is 360 g/mol. The van der Waals surface area contributed by atoms with E-state index in [9.17, 15) is 4.79 Å². The monoisotopic (exact) mass is 382 g/mol. The molecule has 1 aliphatic heterocycles. The summed E-state index contributed by atoms with van der Waals surface area (Å²) < 4.78 is 1.80. The number of aryl methyl sites for hydroxylation is 3. The van der Waals surface area contributed by atoms with Crippen molar-refractivity contribution in [3.8, 4) is 0 Å². The lowest BCUT2D eigenvalue weighted by molar-refractivity contribution is -0.119. The van der Waals surface area contributed by atoms with Gasteiger partial charge in [-0.3, -0.25) is 9.48 Å². The van der Waals surface area contributed by atoms with E-state index in [4.69, 9.17) is 0 Å². The van der Waals surface area contributed by atoms with Crippen LogP contribution in [0.2, 0.25) is 0 Å². The number of hydrogen-bond donors (Lipinski definition) is 2. The smallest absolute Gasteiger partial charge is 0.229 e. The van der Waals surface area contributed by atoms with Crippen molar-refractivity contribution in [3.63, 3.8) is 0 Å². The first-order valence-corrected chi connectivity index (χ1v) is 9.24. The first-order valence-electron chi connectivity index (χ1n) is 9.24. The molecule has 0 radical (unpaired) electrons. The van der Waals surface area contributed by atoms with Crippen molar-refractivity contribution in [3.05, 3.63) is 59.4 Å². The molecule has 1 saturated heterocycles. The summed E-state index contributed by atoms with van der Waals surface area (Å²) in [7, 11) is 1.91. The molecule has 0 spiro atoms. The normalized spacial score (nSPS) is 20.6. The van der Waals surface area contributed by atoms with Crippen molar-refractivity contribution in [2.24, 2.45) is 13.0 Å². The van der Waals surface area contributed by atoms with Crippen LogP contribution >= 0.6 is 12.4 Å². The van der Waals surface area contributed by atoms with Crippen LogP contribution in [0.25, 0.3) is 10.8 Å². The lowest BCUT2D eigenvalue weighted by Crippen LogP contribution is -2.28. The molecule has 1 aliphatic carbocycles. The zero-order valence-corrected chi connectivity index (χ0v) is 16.1. The summed E-state index contributed by atoms with van der Waals surface area (Å²) in [6.07, 6.45) is 6.08. The molecule has 2 aromatic carbocycles. The predicted molar refractivity (Wildman–Crippen MR) is 110 cm³/mol. The fourth-order valence-electron chi connectivity index (χ4n) is 4.52. The Hall–Kier alpha value is -2.37. The molecule has 1 aromatic heterocycles. The summed E-state index contributed by atoms with van der Waals surface area (Å²) in [4.78, 5) is 13.1. The SMILES string of the molecule is Cl.Cn1cc([C@H]2CNC[C@@H]2C(=O)Nc2ccc3c4c(cccc24)CC3)cn1. The van der Waals surface area contributed by atoms with E-state index in [0.717, 1.165) is 36.0 Å². The minimum Gasteiger partial charge on any atom is -0.325 e. The molecule has 1 fully saturated rings. The summed E-state index contributed by atoms with van der Waals surface area (Å²) in [5, 5.41) is 13.3. The van der Waals surface area contributed by atoms with E-state index in [1.165, 1.54) is 16.5 Å². The van der Waals surface area contributed by atoms with Crippen molar-refractivity contribution >= 4 is 34.8 Å². The number of hydrogen-bond acceptors (Lipinski definition) is 3. The molecular formula is C21H23ClN4O. The number of aromatic nitrogens is 2. The maximum Gasteiger partial charge on any atom is 0.229 e. The van der Waals surface area contributed by atoms with Gasteiger partial charge in [0.15, 0.2) is 0 Å². The quantitative estimate of drug-likeness (QED) is 0.732. The summed E-state index contributed by atoms with van der Waals surface area (Å²) in [5.74, 6) is 0.172. The van der Waals surface area contributed by atoms with Crippen LogP contribution in [0.15, 0.2) is 42.7 Å². The standard InChI is InChI=1S/C21H22N4O.ClH/c1-25-12-15(9-23-25)17-10-22-11-18(17)21(26)24-19-8-7-14-6-5-13-3-2-4-16(19)20(13)14;/h2-4,7-9,12,17-18,22H,5-6,10-11H2,1H3,(H,24,26);1H/t17-,18+;/m1./s1. The van der Waals surface area contributed by atoms with E-state index in [-0.39, 0.29) is 30.2 Å². The molecule has 2 heterocycles. The van der Waals surface area contributed by atoms with E-state index in [1.807, 2.05) is 19.4 Å². The van der Waals surface area contributed by atoms with Crippen LogP contribution in [0.4, 0.5) is 5.69 Å². The molecule has 140 valence electrons. The van der Waals surface area contributed by atoms with Crippen molar-refractivity contribution in [2.75, 3.05) is 18.4 Å². The molecule has 6 heteroatoms. The number of halogens is 1. The van der Waals surface area contributed by atoms with Gasteiger partial charge < -0.3 is 10.6 Å². The topological polar surface area (TPSA) is 59.0 Å². The van der Waals surface area contributed by atoms with Gasteiger partial charge in [0, 0.05) is 43.3 Å². The van der Waals surface area contributed by atoms with Gasteiger partial charge in [-0.05, 0) is 41.0 Å². The third-order valence-corrected chi connectivity index (χ3v) is 5.84. The number of nitrogens with one attached hydrogen (secondary N) is 2. The number of amides is 1. The predicted octanol–water partition coefficient (Wildman–Crippen LogP) is 3.04. The third kappa shape index (κ3) is 3.01. The second kappa shape index (κ2) is 6.98. The van der Waals surface area contributed by atoms with Gasteiger partial charge >= 0.3 is 0 Å². The summed E-state index contributed by atoms with van der Waals surface area (Å²) in [6, 6.07) is 10.6. The molecule has 0 bridgehead atoms. The maximum absolute atomic E-state index is 13.1. The second-order valence-electron chi connectivity index (χ2n) is 7.42. The van der Waals surface area contributed by atoms with Crippen LogP contribution in [0.5, 0.6) is 0 Å². The Balaban J connectivity index is 0.00000180. The molecule has 0 unspecified atom stereocenters. The average Bonchev–Trinajstić information content (AvgIpc) is 3.37. The third-order valence-electron chi connectivity index (χ3n) is 5.84. The Labute approximate surface area is 164 Å². The van der Waals surface area contributed by atoms with Gasteiger partial charge in [-0.1, -0.05) is 24.3 Å². The minimum atomic E-state index is -0.0813. The first-order chi connectivity index (χ1) is 12.7. The Bertz CT molecular complexity index is 1000. The fourth-order valence-corrected chi connectivity index (χ4v) is 4.52. The van der Waals surface area contributed by atoms with Crippen LogP contribution in [-0.2, 0) is 24.7 Å². The van der Waals surface area contributed by atoms with E-state index in [1.54, 1.807) is 4.68 Å². The van der Waals surface area contributed by atoms with Crippen molar-refractivity contribution in [2.45, 2.75) is 18.8 Å². The van der Waals surface area contributed by atoms with Crippen LogP contribution in [0.1, 0.15) is 22.6 Å². The zero-order valence-electron chi connectivity index (χ0n) is 15.2. The van der Waals surface area contributed by atoms with Crippen molar-refractivity contribution in [1.29, 1.82) is 0 Å². The van der Waals surface area contributed by atoms with Crippen LogP contribution in [0.3, 0.4) is 0 Å². The van der Waals surface area contributed by atoms with Crippen LogP contribution in [0, 0.1) is 5.92 Å².